The highest BCUT2D eigenvalue weighted by molar-refractivity contribution is 6.92. The highest BCUT2D eigenvalue weighted by Crippen LogP contribution is 2.54. The number of nitrogens with zero attached hydrogens (tertiary/aromatic N) is 8. The Morgan fingerprint density at radius 2 is 0.509 bits per heavy atom. The molecule has 0 unspecified atom stereocenters. The summed E-state index contributed by atoms with van der Waals surface area (Å²) in [7, 11) is 0. The first-order valence-electron chi connectivity index (χ1n) is 37.7. The van der Waals surface area contributed by atoms with Crippen molar-refractivity contribution in [2.75, 3.05) is 0 Å². The largest absolute Gasteiger partial charge is 0.374 e. The molecule has 0 aliphatic carbocycles. The number of rotatable bonds is 4. The van der Waals surface area contributed by atoms with Crippen molar-refractivity contribution in [1.82, 2.24) is 36.4 Å². The van der Waals surface area contributed by atoms with Crippen LogP contribution in [0.3, 0.4) is 0 Å². The molecule has 0 spiro atoms. The summed E-state index contributed by atoms with van der Waals surface area (Å²) in [6.07, 6.45) is 0. The Labute approximate surface area is 615 Å². The highest BCUT2D eigenvalue weighted by atomic mass is 15.1. The zero-order valence-corrected chi connectivity index (χ0v) is 57.9. The number of hydrogen-bond acceptors (Lipinski definition) is 0. The van der Waals surface area contributed by atoms with E-state index in [1.54, 1.807) is 0 Å². The third kappa shape index (κ3) is 6.26. The van der Waals surface area contributed by atoms with E-state index in [9.17, 15) is 0 Å². The minimum atomic E-state index is -0.258. The summed E-state index contributed by atoms with van der Waals surface area (Å²) in [6.45, 7) is -0.516. The van der Waals surface area contributed by atoms with Crippen LogP contribution in [0.4, 0.5) is 0 Å². The summed E-state index contributed by atoms with van der Waals surface area (Å²) in [5, 5.41) is 17.5. The second-order valence-electron chi connectivity index (χ2n) is 30.4. The molecule has 0 amide bonds. The van der Waals surface area contributed by atoms with Crippen molar-refractivity contribution >= 4 is 199 Å². The van der Waals surface area contributed by atoms with Gasteiger partial charge in [0.05, 0.1) is 77.2 Å². The molecule has 0 bridgehead atoms. The van der Waals surface area contributed by atoms with Gasteiger partial charge in [-0.3, -0.25) is 0 Å². The average molecular weight is 1370 g/mol. The van der Waals surface area contributed by atoms with Gasteiger partial charge in [0, 0.05) is 132 Å². The molecular formula is C98H54B2N8. The molecule has 108 heavy (non-hydrogen) atoms. The second kappa shape index (κ2) is 19.2. The zero-order valence-electron chi connectivity index (χ0n) is 57.9. The Hall–Kier alpha value is -14.2. The lowest BCUT2D eigenvalue weighted by Gasteiger charge is -2.34. The molecule has 8 nitrogen and oxygen atoms in total. The Balaban J connectivity index is 0.818. The standard InChI is InChI=1S/C98H54B2N8/c1-5-25-55(26-6-1)101-75-45-19-15-35-67(75)83-81(101)53-71-97-87(83)85-77(51-49-65-59-33-13-17-43-73(59)103(93(65)85)57-29-9-3-10-30-57)105(97)79-47-23-37-61-63-39-21-41-69-91(63)107(99(71)89(61)79)95-70-42-22-40-64-62-38-24-48-80-90(62)100(108(92(64)70)96(69)95)72-54-82-84(68-36-16-20-46-76(68)102(82)56-27-7-2-8-28-56)88-86-78(106(80)98(72)88)52-50-66-60-34-14-18-44-74(60)104(94(66)86)58-31-11-4-12-32-58/h1-54H. The molecule has 0 radical (unpaired) electrons. The number of para-hydroxylation sites is 10. The minimum absolute atomic E-state index is 0.258. The van der Waals surface area contributed by atoms with E-state index in [0.29, 0.717) is 0 Å². The van der Waals surface area contributed by atoms with Crippen LogP contribution in [0.2, 0.25) is 0 Å². The minimum Gasteiger partial charge on any atom is -0.374 e. The zero-order chi connectivity index (χ0) is 69.4. The molecule has 0 fully saturated rings. The van der Waals surface area contributed by atoms with Crippen LogP contribution >= 0.6 is 0 Å². The van der Waals surface area contributed by atoms with Crippen molar-refractivity contribution in [2.24, 2.45) is 0 Å². The number of benzene rings is 16. The lowest BCUT2D eigenvalue weighted by Crippen LogP contribution is -2.55. The van der Waals surface area contributed by atoms with Crippen LogP contribution in [-0.2, 0) is 0 Å². The summed E-state index contributed by atoms with van der Waals surface area (Å²) in [5.41, 5.74) is 36.8. The van der Waals surface area contributed by atoms with Gasteiger partial charge in [0.2, 0.25) is 0 Å². The number of aromatic nitrogens is 8. The molecule has 28 rings (SSSR count). The first-order valence-corrected chi connectivity index (χ1v) is 37.7. The smallest absolute Gasteiger partial charge is 0.333 e. The molecule has 16 aromatic carbocycles. The maximum atomic E-state index is 2.87. The molecule has 0 saturated heterocycles. The van der Waals surface area contributed by atoms with E-state index in [2.05, 4.69) is 364 Å². The van der Waals surface area contributed by atoms with Crippen LogP contribution < -0.4 is 21.9 Å². The van der Waals surface area contributed by atoms with Crippen molar-refractivity contribution in [1.29, 1.82) is 0 Å². The van der Waals surface area contributed by atoms with Crippen LogP contribution in [0.1, 0.15) is 0 Å². The van der Waals surface area contributed by atoms with Crippen molar-refractivity contribution < 1.29 is 0 Å². The van der Waals surface area contributed by atoms with Crippen molar-refractivity contribution in [3.63, 3.8) is 0 Å². The fourth-order valence-corrected chi connectivity index (χ4v) is 22.1. The summed E-state index contributed by atoms with van der Waals surface area (Å²) >= 11 is 0. The Kier molecular flexibility index (Phi) is 9.84. The molecule has 24 aromatic rings. The molecule has 492 valence electrons. The maximum absolute atomic E-state index is 2.87. The lowest BCUT2D eigenvalue weighted by molar-refractivity contribution is 1.17. The Bertz CT molecular complexity index is 7870. The second-order valence-corrected chi connectivity index (χ2v) is 30.4. The Morgan fingerprint density at radius 3 is 0.917 bits per heavy atom. The lowest BCUT2D eigenvalue weighted by atomic mass is 9.45. The fraction of sp³-hybridized carbons (Fsp3) is 0. The third-order valence-electron chi connectivity index (χ3n) is 25.7. The number of hydrogen-bond donors (Lipinski definition) is 0. The van der Waals surface area contributed by atoms with E-state index in [0.717, 1.165) is 22.7 Å². The van der Waals surface area contributed by atoms with Crippen LogP contribution in [0.25, 0.3) is 220 Å². The van der Waals surface area contributed by atoms with Gasteiger partial charge in [-0.2, -0.15) is 0 Å². The van der Waals surface area contributed by atoms with E-state index in [1.807, 2.05) is 0 Å². The summed E-state index contributed by atoms with van der Waals surface area (Å²) in [6, 6.07) is 125. The molecular weight excluding hydrogens is 1310 g/mol. The van der Waals surface area contributed by atoms with Gasteiger partial charge in [0.25, 0.3) is 0 Å². The van der Waals surface area contributed by atoms with Gasteiger partial charge in [-0.25, -0.2) is 0 Å². The molecule has 12 heterocycles. The molecule has 0 saturated carbocycles. The van der Waals surface area contributed by atoms with Crippen LogP contribution in [0.5, 0.6) is 0 Å². The quantitative estimate of drug-likeness (QED) is 0.158. The maximum Gasteiger partial charge on any atom is 0.333 e. The molecule has 10 heteroatoms. The van der Waals surface area contributed by atoms with E-state index < -0.39 is 0 Å². The van der Waals surface area contributed by atoms with E-state index >= 15 is 0 Å². The van der Waals surface area contributed by atoms with Crippen LogP contribution in [-0.4, -0.2) is 50.1 Å². The van der Waals surface area contributed by atoms with Gasteiger partial charge in [-0.1, -0.05) is 218 Å². The predicted octanol–water partition coefficient (Wildman–Crippen LogP) is 21.2. The van der Waals surface area contributed by atoms with Gasteiger partial charge < -0.3 is 36.4 Å². The summed E-state index contributed by atoms with van der Waals surface area (Å²) < 4.78 is 21.4. The molecule has 0 N–H and O–H groups in total. The fourth-order valence-electron chi connectivity index (χ4n) is 22.1. The van der Waals surface area contributed by atoms with E-state index in [4.69, 9.17) is 0 Å². The van der Waals surface area contributed by atoms with Crippen molar-refractivity contribution in [3.8, 4) is 56.4 Å². The average Bonchev–Trinajstić information content (AvgIpc) is 1.48. The van der Waals surface area contributed by atoms with Crippen molar-refractivity contribution in [3.05, 3.63) is 328 Å². The summed E-state index contributed by atoms with van der Waals surface area (Å²) in [5.74, 6) is 0. The number of fused-ring (bicyclic) bond motifs is 35. The topological polar surface area (TPSA) is 39.4 Å². The van der Waals surface area contributed by atoms with Crippen LogP contribution in [0, 0.1) is 0 Å². The SMILES string of the molecule is c1ccc(-n2c3ccccc3c3c4c5c(ccc6c7ccccc7n(-c7ccccc7)c65)n5c4c(cc32)B2c3c(cccc3-5)-c3cccc4c3n2c2c3cccc5c3n(c42)B2c3c-5cccc3-n3c4ccc5c6ccccc6n(-c6ccccc6)c5c4c4c5c6ccccc6n(-c6ccccc6)c5cc2c43)cc1. The third-order valence-corrected chi connectivity index (χ3v) is 25.7. The molecule has 0 atom stereocenters. The van der Waals surface area contributed by atoms with Gasteiger partial charge in [0.15, 0.2) is 0 Å². The Morgan fingerprint density at radius 1 is 0.176 bits per heavy atom. The highest BCUT2D eigenvalue weighted by Gasteiger charge is 2.48. The van der Waals surface area contributed by atoms with Gasteiger partial charge >= 0.3 is 13.7 Å². The summed E-state index contributed by atoms with van der Waals surface area (Å²) in [4.78, 5) is 0. The molecule has 4 aliphatic rings. The normalized spacial score (nSPS) is 13.3. The van der Waals surface area contributed by atoms with Crippen LogP contribution in [0.15, 0.2) is 328 Å². The van der Waals surface area contributed by atoms with Crippen molar-refractivity contribution in [2.45, 2.75) is 0 Å². The molecule has 4 aliphatic heterocycles. The van der Waals surface area contributed by atoms with Gasteiger partial charge in [-0.15, -0.1) is 0 Å². The van der Waals surface area contributed by atoms with E-state index in [-0.39, 0.29) is 13.7 Å². The first kappa shape index (κ1) is 55.3. The van der Waals surface area contributed by atoms with Gasteiger partial charge in [-0.05, 0) is 142 Å². The molecule has 8 aromatic heterocycles. The van der Waals surface area contributed by atoms with E-state index in [1.165, 1.54) is 219 Å². The predicted molar refractivity (Wildman–Crippen MR) is 453 cm³/mol. The monoisotopic (exact) mass is 1360 g/mol. The van der Waals surface area contributed by atoms with Gasteiger partial charge in [0.1, 0.15) is 0 Å². The first-order chi connectivity index (χ1) is 53.7.